The van der Waals surface area contributed by atoms with Crippen molar-refractivity contribution < 1.29 is 14.7 Å². The van der Waals surface area contributed by atoms with Gasteiger partial charge in [-0.2, -0.15) is 0 Å². The van der Waals surface area contributed by atoms with E-state index in [1.54, 1.807) is 6.07 Å². The molecule has 0 fully saturated rings. The lowest BCUT2D eigenvalue weighted by atomic mass is 10.1. The van der Waals surface area contributed by atoms with Gasteiger partial charge in [-0.1, -0.05) is 33.1 Å². The van der Waals surface area contributed by atoms with Crippen molar-refractivity contribution in [1.82, 2.24) is 5.32 Å². The van der Waals surface area contributed by atoms with Gasteiger partial charge in [-0.05, 0) is 25.0 Å². The number of thiophene rings is 1. The first-order valence-electron chi connectivity index (χ1n) is 6.72. The second kappa shape index (κ2) is 7.94. The number of amides is 1. The number of unbranched alkanes of at least 4 members (excludes halogenated alkanes) is 1. The monoisotopic (exact) mass is 283 g/mol. The second-order valence-corrected chi connectivity index (χ2v) is 5.65. The van der Waals surface area contributed by atoms with E-state index < -0.39 is 5.97 Å². The number of aromatic carboxylic acids is 1. The lowest BCUT2D eigenvalue weighted by Gasteiger charge is -2.17. The predicted molar refractivity (Wildman–Crippen MR) is 77.0 cm³/mol. The molecule has 1 amide bonds. The summed E-state index contributed by atoms with van der Waals surface area (Å²) in [6.07, 6.45) is 5.17. The molecule has 0 radical (unpaired) electrons. The van der Waals surface area contributed by atoms with E-state index >= 15 is 0 Å². The van der Waals surface area contributed by atoms with E-state index in [1.165, 1.54) is 6.07 Å². The molecule has 1 heterocycles. The van der Waals surface area contributed by atoms with Crippen LogP contribution in [0, 0.1) is 0 Å². The van der Waals surface area contributed by atoms with Gasteiger partial charge in [-0.3, -0.25) is 4.79 Å². The minimum Gasteiger partial charge on any atom is -0.477 e. The summed E-state index contributed by atoms with van der Waals surface area (Å²) >= 11 is 1.02. The Morgan fingerprint density at radius 1 is 1.21 bits per heavy atom. The van der Waals surface area contributed by atoms with Gasteiger partial charge in [0.05, 0.1) is 4.88 Å². The molecule has 1 aromatic heterocycles. The van der Waals surface area contributed by atoms with Gasteiger partial charge in [0.1, 0.15) is 4.88 Å². The van der Waals surface area contributed by atoms with E-state index in [0.717, 1.165) is 43.4 Å². The maximum absolute atomic E-state index is 12.0. The lowest BCUT2D eigenvalue weighted by molar-refractivity contribution is 0.0702. The summed E-state index contributed by atoms with van der Waals surface area (Å²) in [4.78, 5) is 23.5. The van der Waals surface area contributed by atoms with Crippen LogP contribution >= 0.6 is 11.3 Å². The van der Waals surface area contributed by atoms with Gasteiger partial charge >= 0.3 is 5.97 Å². The maximum atomic E-state index is 12.0. The van der Waals surface area contributed by atoms with Gasteiger partial charge in [0.25, 0.3) is 5.91 Å². The van der Waals surface area contributed by atoms with Gasteiger partial charge in [0, 0.05) is 6.04 Å². The Kier molecular flexibility index (Phi) is 6.56. The minimum atomic E-state index is -0.986. The van der Waals surface area contributed by atoms with Crippen LogP contribution in [0.1, 0.15) is 65.3 Å². The average Bonchev–Trinajstić information content (AvgIpc) is 2.86. The standard InChI is InChI=1S/C14H21NO3S/c1-3-5-7-10(6-4-2)15-13(16)11-8-9-12(19-11)14(17)18/h8-10H,3-7H2,1-2H3,(H,15,16)(H,17,18). The molecule has 1 aromatic rings. The maximum Gasteiger partial charge on any atom is 0.345 e. The lowest BCUT2D eigenvalue weighted by Crippen LogP contribution is -2.34. The summed E-state index contributed by atoms with van der Waals surface area (Å²) < 4.78 is 0. The van der Waals surface area contributed by atoms with Gasteiger partial charge in [0.15, 0.2) is 0 Å². The normalized spacial score (nSPS) is 12.1. The number of carbonyl (C=O) groups is 2. The third kappa shape index (κ3) is 5.03. The average molecular weight is 283 g/mol. The molecule has 2 N–H and O–H groups in total. The zero-order valence-electron chi connectivity index (χ0n) is 11.4. The molecule has 19 heavy (non-hydrogen) atoms. The van der Waals surface area contributed by atoms with Gasteiger partial charge in [0.2, 0.25) is 0 Å². The van der Waals surface area contributed by atoms with Gasteiger partial charge in [-0.15, -0.1) is 11.3 Å². The molecule has 0 aliphatic heterocycles. The fraction of sp³-hybridized carbons (Fsp3) is 0.571. The first-order chi connectivity index (χ1) is 9.08. The molecule has 106 valence electrons. The van der Waals surface area contributed by atoms with Crippen molar-refractivity contribution in [3.63, 3.8) is 0 Å². The van der Waals surface area contributed by atoms with Crippen LogP contribution in [0.5, 0.6) is 0 Å². The van der Waals surface area contributed by atoms with Crippen LogP contribution in [-0.4, -0.2) is 23.0 Å². The molecule has 0 saturated carbocycles. The highest BCUT2D eigenvalue weighted by molar-refractivity contribution is 7.15. The van der Waals surface area contributed by atoms with E-state index in [0.29, 0.717) is 4.88 Å². The summed E-state index contributed by atoms with van der Waals surface area (Å²) in [7, 11) is 0. The number of rotatable bonds is 8. The van der Waals surface area contributed by atoms with E-state index in [9.17, 15) is 9.59 Å². The zero-order chi connectivity index (χ0) is 14.3. The molecule has 1 atom stereocenters. The molecular weight excluding hydrogens is 262 g/mol. The molecule has 0 spiro atoms. The second-order valence-electron chi connectivity index (χ2n) is 4.57. The first-order valence-corrected chi connectivity index (χ1v) is 7.54. The van der Waals surface area contributed by atoms with Crippen molar-refractivity contribution >= 4 is 23.2 Å². The van der Waals surface area contributed by atoms with Crippen LogP contribution in [0.2, 0.25) is 0 Å². The van der Waals surface area contributed by atoms with Crippen molar-refractivity contribution in [2.75, 3.05) is 0 Å². The summed E-state index contributed by atoms with van der Waals surface area (Å²) in [6.45, 7) is 4.22. The van der Waals surface area contributed by atoms with Crippen LogP contribution in [0.3, 0.4) is 0 Å². The van der Waals surface area contributed by atoms with E-state index in [4.69, 9.17) is 5.11 Å². The number of hydrogen-bond acceptors (Lipinski definition) is 3. The fourth-order valence-electron chi connectivity index (χ4n) is 1.92. The van der Waals surface area contributed by atoms with Crippen molar-refractivity contribution in [1.29, 1.82) is 0 Å². The summed E-state index contributed by atoms with van der Waals surface area (Å²) in [5.74, 6) is -1.15. The Morgan fingerprint density at radius 3 is 2.42 bits per heavy atom. The largest absolute Gasteiger partial charge is 0.477 e. The molecule has 0 bridgehead atoms. The Balaban J connectivity index is 2.61. The van der Waals surface area contributed by atoms with Crippen LogP contribution < -0.4 is 5.32 Å². The zero-order valence-corrected chi connectivity index (χ0v) is 12.3. The highest BCUT2D eigenvalue weighted by Gasteiger charge is 2.16. The molecular formula is C14H21NO3S. The smallest absolute Gasteiger partial charge is 0.345 e. The summed E-state index contributed by atoms with van der Waals surface area (Å²) in [5.41, 5.74) is 0. The van der Waals surface area contributed by atoms with Crippen molar-refractivity contribution in [3.05, 3.63) is 21.9 Å². The number of carbonyl (C=O) groups excluding carboxylic acids is 1. The Hall–Kier alpha value is -1.36. The number of carboxylic acids is 1. The minimum absolute atomic E-state index is 0.160. The highest BCUT2D eigenvalue weighted by Crippen LogP contribution is 2.17. The van der Waals surface area contributed by atoms with Crippen molar-refractivity contribution in [3.8, 4) is 0 Å². The Labute approximate surface area is 117 Å². The van der Waals surface area contributed by atoms with E-state index in [1.807, 2.05) is 0 Å². The van der Waals surface area contributed by atoms with Gasteiger partial charge in [-0.25, -0.2) is 4.79 Å². The third-order valence-corrected chi connectivity index (χ3v) is 3.99. The predicted octanol–water partition coefficient (Wildman–Crippen LogP) is 3.54. The fourth-order valence-corrected chi connectivity index (χ4v) is 2.67. The van der Waals surface area contributed by atoms with Crippen molar-refractivity contribution in [2.45, 2.75) is 52.0 Å². The number of carboxylic acid groups (broad SMARTS) is 1. The number of nitrogens with one attached hydrogen (secondary N) is 1. The number of hydrogen-bond donors (Lipinski definition) is 2. The van der Waals surface area contributed by atoms with Crippen LogP contribution in [0.15, 0.2) is 12.1 Å². The van der Waals surface area contributed by atoms with E-state index in [-0.39, 0.29) is 16.8 Å². The topological polar surface area (TPSA) is 66.4 Å². The first kappa shape index (κ1) is 15.7. The molecule has 4 nitrogen and oxygen atoms in total. The molecule has 0 saturated heterocycles. The van der Waals surface area contributed by atoms with Gasteiger partial charge < -0.3 is 10.4 Å². The van der Waals surface area contributed by atoms with Crippen LogP contribution in [0.25, 0.3) is 0 Å². The highest BCUT2D eigenvalue weighted by atomic mass is 32.1. The third-order valence-electron chi connectivity index (χ3n) is 2.92. The molecule has 1 unspecified atom stereocenters. The molecule has 0 aliphatic carbocycles. The summed E-state index contributed by atoms with van der Waals surface area (Å²) in [6, 6.07) is 3.24. The Morgan fingerprint density at radius 2 is 1.89 bits per heavy atom. The Bertz CT molecular complexity index is 428. The molecule has 0 aromatic carbocycles. The van der Waals surface area contributed by atoms with Crippen molar-refractivity contribution in [2.24, 2.45) is 0 Å². The van der Waals surface area contributed by atoms with Crippen LogP contribution in [0.4, 0.5) is 0 Å². The molecule has 5 heteroatoms. The molecule has 1 rings (SSSR count). The molecule has 0 aliphatic rings. The SMILES string of the molecule is CCCCC(CCC)NC(=O)c1ccc(C(=O)O)s1. The van der Waals surface area contributed by atoms with E-state index in [2.05, 4.69) is 19.2 Å². The summed E-state index contributed by atoms with van der Waals surface area (Å²) in [5, 5.41) is 11.8. The quantitative estimate of drug-likeness (QED) is 0.767. The van der Waals surface area contributed by atoms with Crippen LogP contribution in [-0.2, 0) is 0 Å².